The first-order valence-electron chi connectivity index (χ1n) is 6.39. The highest BCUT2D eigenvalue weighted by Crippen LogP contribution is 2.23. The van der Waals surface area contributed by atoms with Crippen LogP contribution < -0.4 is 5.32 Å². The molecule has 0 bridgehead atoms. The first-order chi connectivity index (χ1) is 8.62. The lowest BCUT2D eigenvalue weighted by molar-refractivity contribution is 0.248. The van der Waals surface area contributed by atoms with Gasteiger partial charge in [-0.05, 0) is 30.4 Å². The predicted octanol–water partition coefficient (Wildman–Crippen LogP) is 2.54. The third-order valence-corrected chi connectivity index (χ3v) is 3.19. The lowest BCUT2D eigenvalue weighted by atomic mass is 9.88. The van der Waals surface area contributed by atoms with Crippen LogP contribution in [0.15, 0.2) is 30.6 Å². The molecule has 2 aromatic rings. The summed E-state index contributed by atoms with van der Waals surface area (Å²) in [6.45, 7) is 5.57. The molecule has 0 fully saturated rings. The number of pyridine rings is 1. The summed E-state index contributed by atoms with van der Waals surface area (Å²) >= 11 is 0. The van der Waals surface area contributed by atoms with Gasteiger partial charge in [-0.15, -0.1) is 0 Å². The topological polar surface area (TPSA) is 49.6 Å². The van der Waals surface area contributed by atoms with E-state index in [9.17, 15) is 0 Å². The Morgan fingerprint density at radius 3 is 3.00 bits per heavy atom. The fraction of sp³-hybridized carbons (Fsp3) is 0.500. The molecule has 2 heterocycles. The molecule has 2 rings (SSSR count). The van der Waals surface area contributed by atoms with E-state index >= 15 is 0 Å². The summed E-state index contributed by atoms with van der Waals surface area (Å²) in [5.74, 6) is 1.06. The molecule has 0 aliphatic heterocycles. The average molecular weight is 247 g/mol. The van der Waals surface area contributed by atoms with Gasteiger partial charge in [0.2, 0.25) is 0 Å². The zero-order valence-corrected chi connectivity index (χ0v) is 11.1. The normalized spacial score (nSPS) is 11.9. The maximum absolute atomic E-state index is 8.90. The van der Waals surface area contributed by atoms with Gasteiger partial charge < -0.3 is 10.4 Å². The maximum Gasteiger partial charge on any atom is 0.138 e. The second kappa shape index (κ2) is 5.40. The quantitative estimate of drug-likeness (QED) is 0.824. The molecule has 2 N–H and O–H groups in total. The molecule has 0 saturated heterocycles. The zero-order chi connectivity index (χ0) is 13.0. The summed E-state index contributed by atoms with van der Waals surface area (Å²) in [7, 11) is 0. The van der Waals surface area contributed by atoms with Crippen molar-refractivity contribution in [3.8, 4) is 0 Å². The molecule has 18 heavy (non-hydrogen) atoms. The zero-order valence-electron chi connectivity index (χ0n) is 11.1. The van der Waals surface area contributed by atoms with Crippen LogP contribution in [0.2, 0.25) is 0 Å². The van der Waals surface area contributed by atoms with E-state index in [1.165, 1.54) is 0 Å². The SMILES string of the molecule is CC(C)(CCCO)CNc1cccc2nccn12. The molecule has 4 nitrogen and oxygen atoms in total. The van der Waals surface area contributed by atoms with Crippen molar-refractivity contribution in [3.05, 3.63) is 30.6 Å². The molecule has 0 unspecified atom stereocenters. The molecule has 98 valence electrons. The molecule has 2 aromatic heterocycles. The maximum atomic E-state index is 8.90. The van der Waals surface area contributed by atoms with Gasteiger partial charge in [0.1, 0.15) is 11.5 Å². The number of hydrogen-bond acceptors (Lipinski definition) is 3. The molecule has 0 atom stereocenters. The van der Waals surface area contributed by atoms with Crippen molar-refractivity contribution in [2.24, 2.45) is 5.41 Å². The van der Waals surface area contributed by atoms with Crippen LogP contribution in [0.4, 0.5) is 5.82 Å². The van der Waals surface area contributed by atoms with Crippen molar-refractivity contribution >= 4 is 11.5 Å². The van der Waals surface area contributed by atoms with Crippen molar-refractivity contribution in [1.29, 1.82) is 0 Å². The molecule has 0 amide bonds. The molecule has 0 spiro atoms. The number of rotatable bonds is 6. The van der Waals surface area contributed by atoms with Crippen LogP contribution >= 0.6 is 0 Å². The number of aliphatic hydroxyl groups excluding tert-OH is 1. The van der Waals surface area contributed by atoms with Crippen LogP contribution in [-0.4, -0.2) is 27.6 Å². The lowest BCUT2D eigenvalue weighted by Crippen LogP contribution is -2.24. The van der Waals surface area contributed by atoms with Gasteiger partial charge in [-0.2, -0.15) is 0 Å². The molecule has 4 heteroatoms. The van der Waals surface area contributed by atoms with Gasteiger partial charge in [-0.3, -0.25) is 4.40 Å². The van der Waals surface area contributed by atoms with Crippen LogP contribution in [-0.2, 0) is 0 Å². The molecule has 0 aliphatic carbocycles. The number of nitrogens with one attached hydrogen (secondary N) is 1. The number of nitrogens with zero attached hydrogens (tertiary/aromatic N) is 2. The Bertz CT molecular complexity index is 504. The van der Waals surface area contributed by atoms with Crippen LogP contribution in [0, 0.1) is 5.41 Å². The Kier molecular flexibility index (Phi) is 3.87. The second-order valence-electron chi connectivity index (χ2n) is 5.41. The minimum Gasteiger partial charge on any atom is -0.396 e. The molecule has 0 saturated carbocycles. The number of aromatic nitrogens is 2. The standard InChI is InChI=1S/C14H21N3O/c1-14(2,7-4-10-18)11-16-13-6-3-5-12-15-8-9-17(12)13/h3,5-6,8-9,16,18H,4,7,10-11H2,1-2H3. The minimum atomic E-state index is 0.172. The Balaban J connectivity index is 2.03. The molecule has 0 aliphatic rings. The molecular formula is C14H21N3O. The number of hydrogen-bond donors (Lipinski definition) is 2. The van der Waals surface area contributed by atoms with Gasteiger partial charge >= 0.3 is 0 Å². The summed E-state index contributed by atoms with van der Waals surface area (Å²) < 4.78 is 2.04. The Hall–Kier alpha value is -1.55. The van der Waals surface area contributed by atoms with Crippen LogP contribution in [0.3, 0.4) is 0 Å². The van der Waals surface area contributed by atoms with E-state index in [1.807, 2.05) is 22.7 Å². The van der Waals surface area contributed by atoms with E-state index in [1.54, 1.807) is 6.20 Å². The largest absolute Gasteiger partial charge is 0.396 e. The van der Waals surface area contributed by atoms with E-state index in [-0.39, 0.29) is 12.0 Å². The van der Waals surface area contributed by atoms with Crippen molar-refractivity contribution in [3.63, 3.8) is 0 Å². The van der Waals surface area contributed by atoms with Crippen LogP contribution in [0.1, 0.15) is 26.7 Å². The van der Waals surface area contributed by atoms with Crippen LogP contribution in [0.25, 0.3) is 5.65 Å². The second-order valence-corrected chi connectivity index (χ2v) is 5.41. The summed E-state index contributed by atoms with van der Waals surface area (Å²) in [4.78, 5) is 4.26. The number of imidazole rings is 1. The van der Waals surface area contributed by atoms with E-state index < -0.39 is 0 Å². The van der Waals surface area contributed by atoms with Gasteiger partial charge in [0.15, 0.2) is 0 Å². The summed E-state index contributed by atoms with van der Waals surface area (Å²) in [6.07, 6.45) is 5.62. The van der Waals surface area contributed by atoms with Gasteiger partial charge in [-0.25, -0.2) is 4.98 Å². The first kappa shape index (κ1) is 12.9. The van der Waals surface area contributed by atoms with Crippen LogP contribution in [0.5, 0.6) is 0 Å². The number of aliphatic hydroxyl groups is 1. The van der Waals surface area contributed by atoms with E-state index in [0.717, 1.165) is 30.9 Å². The van der Waals surface area contributed by atoms with E-state index in [0.29, 0.717) is 0 Å². The lowest BCUT2D eigenvalue weighted by Gasteiger charge is -2.25. The number of fused-ring (bicyclic) bond motifs is 1. The fourth-order valence-electron chi connectivity index (χ4n) is 2.07. The van der Waals surface area contributed by atoms with Gasteiger partial charge in [0, 0.05) is 25.5 Å². The molecular weight excluding hydrogens is 226 g/mol. The smallest absolute Gasteiger partial charge is 0.138 e. The van der Waals surface area contributed by atoms with Crippen molar-refractivity contribution in [2.75, 3.05) is 18.5 Å². The Morgan fingerprint density at radius 2 is 2.22 bits per heavy atom. The summed E-state index contributed by atoms with van der Waals surface area (Å²) in [6, 6.07) is 6.05. The van der Waals surface area contributed by atoms with Gasteiger partial charge in [0.25, 0.3) is 0 Å². The fourth-order valence-corrected chi connectivity index (χ4v) is 2.07. The average Bonchev–Trinajstić information content (AvgIpc) is 2.82. The van der Waals surface area contributed by atoms with E-state index in [4.69, 9.17) is 5.11 Å². The van der Waals surface area contributed by atoms with Crippen molar-refractivity contribution in [1.82, 2.24) is 9.38 Å². The van der Waals surface area contributed by atoms with Gasteiger partial charge in [0.05, 0.1) is 0 Å². The highest BCUT2D eigenvalue weighted by molar-refractivity contribution is 5.49. The first-order valence-corrected chi connectivity index (χ1v) is 6.39. The Morgan fingerprint density at radius 1 is 1.39 bits per heavy atom. The van der Waals surface area contributed by atoms with E-state index in [2.05, 4.69) is 30.2 Å². The number of anilines is 1. The molecule has 0 radical (unpaired) electrons. The highest BCUT2D eigenvalue weighted by Gasteiger charge is 2.17. The van der Waals surface area contributed by atoms with Gasteiger partial charge in [-0.1, -0.05) is 19.9 Å². The predicted molar refractivity (Wildman–Crippen MR) is 73.8 cm³/mol. The van der Waals surface area contributed by atoms with Crippen molar-refractivity contribution in [2.45, 2.75) is 26.7 Å². The monoisotopic (exact) mass is 247 g/mol. The summed E-state index contributed by atoms with van der Waals surface area (Å²) in [5, 5.41) is 12.4. The highest BCUT2D eigenvalue weighted by atomic mass is 16.2. The summed E-state index contributed by atoms with van der Waals surface area (Å²) in [5.41, 5.74) is 1.12. The van der Waals surface area contributed by atoms with Crippen molar-refractivity contribution < 1.29 is 5.11 Å². The third-order valence-electron chi connectivity index (χ3n) is 3.19. The Labute approximate surface area is 108 Å². The minimum absolute atomic E-state index is 0.172. The molecule has 0 aromatic carbocycles. The third kappa shape index (κ3) is 3.01.